The largest absolute Gasteiger partial charge is 0.384 e. The van der Waals surface area contributed by atoms with Gasteiger partial charge in [0, 0.05) is 18.8 Å². The number of carbonyl (C=O) groups excluding carboxylic acids is 1. The SMILES string of the molecule is Cc1ccc(-n2c(N)c(C(=O)NCC3CCCO3)c3nc4ccccc4nc32)cc1C. The molecule has 158 valence electrons. The molecule has 0 aliphatic carbocycles. The number of hydrogen-bond donors (Lipinski definition) is 2. The summed E-state index contributed by atoms with van der Waals surface area (Å²) in [6.07, 6.45) is 2.02. The number of nitrogens with zero attached hydrogens (tertiary/aromatic N) is 3. The molecule has 0 bridgehead atoms. The quantitative estimate of drug-likeness (QED) is 0.530. The molecule has 0 saturated carbocycles. The van der Waals surface area contributed by atoms with Gasteiger partial charge in [0.05, 0.1) is 17.1 Å². The Balaban J connectivity index is 1.68. The summed E-state index contributed by atoms with van der Waals surface area (Å²) in [7, 11) is 0. The number of rotatable bonds is 4. The zero-order valence-corrected chi connectivity index (χ0v) is 17.7. The maximum Gasteiger partial charge on any atom is 0.257 e. The molecular formula is C24H25N5O2. The van der Waals surface area contributed by atoms with Crippen LogP contribution in [-0.4, -0.2) is 39.7 Å². The van der Waals surface area contributed by atoms with E-state index in [4.69, 9.17) is 20.4 Å². The highest BCUT2D eigenvalue weighted by atomic mass is 16.5. The zero-order chi connectivity index (χ0) is 21.5. The second kappa shape index (κ2) is 7.67. The Hall–Kier alpha value is -3.45. The highest BCUT2D eigenvalue weighted by Crippen LogP contribution is 2.31. The number of hydrogen-bond acceptors (Lipinski definition) is 5. The molecule has 7 nitrogen and oxygen atoms in total. The molecule has 1 amide bonds. The van der Waals surface area contributed by atoms with Gasteiger partial charge < -0.3 is 15.8 Å². The first-order valence-electron chi connectivity index (χ1n) is 10.6. The predicted octanol–water partition coefficient (Wildman–Crippen LogP) is 3.68. The second-order valence-electron chi connectivity index (χ2n) is 8.09. The summed E-state index contributed by atoms with van der Waals surface area (Å²) < 4.78 is 7.46. The lowest BCUT2D eigenvalue weighted by molar-refractivity contribution is 0.0859. The molecule has 5 rings (SSSR count). The number of fused-ring (bicyclic) bond motifs is 2. The van der Waals surface area contributed by atoms with Crippen molar-refractivity contribution in [1.82, 2.24) is 19.9 Å². The molecule has 1 saturated heterocycles. The number of anilines is 1. The first-order valence-corrected chi connectivity index (χ1v) is 10.6. The van der Waals surface area contributed by atoms with Gasteiger partial charge in [0.25, 0.3) is 5.91 Å². The smallest absolute Gasteiger partial charge is 0.257 e. The summed E-state index contributed by atoms with van der Waals surface area (Å²) in [5, 5.41) is 2.98. The van der Waals surface area contributed by atoms with Gasteiger partial charge in [0.1, 0.15) is 16.9 Å². The summed E-state index contributed by atoms with van der Waals surface area (Å²) in [6.45, 7) is 5.31. The molecular weight excluding hydrogens is 390 g/mol. The Morgan fingerprint density at radius 2 is 1.94 bits per heavy atom. The van der Waals surface area contributed by atoms with Crippen molar-refractivity contribution in [1.29, 1.82) is 0 Å². The minimum absolute atomic E-state index is 0.0465. The van der Waals surface area contributed by atoms with E-state index in [1.807, 2.05) is 41.0 Å². The fourth-order valence-corrected chi connectivity index (χ4v) is 4.11. The molecule has 0 spiro atoms. The minimum atomic E-state index is -0.259. The van der Waals surface area contributed by atoms with Crippen LogP contribution in [0.5, 0.6) is 0 Å². The summed E-state index contributed by atoms with van der Waals surface area (Å²) in [6, 6.07) is 13.7. The van der Waals surface area contributed by atoms with Gasteiger partial charge in [-0.1, -0.05) is 18.2 Å². The predicted molar refractivity (Wildman–Crippen MR) is 122 cm³/mol. The monoisotopic (exact) mass is 415 g/mol. The number of para-hydroxylation sites is 2. The van der Waals surface area contributed by atoms with Crippen LogP contribution in [0.1, 0.15) is 34.3 Å². The van der Waals surface area contributed by atoms with Crippen LogP contribution in [0.25, 0.3) is 27.9 Å². The van der Waals surface area contributed by atoms with Gasteiger partial charge in [-0.25, -0.2) is 9.97 Å². The Morgan fingerprint density at radius 3 is 2.65 bits per heavy atom. The lowest BCUT2D eigenvalue weighted by Gasteiger charge is -2.12. The van der Waals surface area contributed by atoms with E-state index in [0.29, 0.717) is 29.1 Å². The van der Waals surface area contributed by atoms with E-state index in [9.17, 15) is 4.79 Å². The van der Waals surface area contributed by atoms with Crippen LogP contribution >= 0.6 is 0 Å². The number of nitrogens with two attached hydrogens (primary N) is 1. The van der Waals surface area contributed by atoms with Crippen LogP contribution in [0, 0.1) is 13.8 Å². The standard InChI is InChI=1S/C24H25N5O2/c1-14-9-10-16(12-15(14)2)29-22(25)20(24(30)26-13-17-6-5-11-31-17)21-23(29)28-19-8-4-3-7-18(19)27-21/h3-4,7-10,12,17H,5-6,11,13,25H2,1-2H3,(H,26,30). The number of ether oxygens (including phenoxy) is 1. The molecule has 4 aromatic rings. The van der Waals surface area contributed by atoms with Gasteiger partial charge in [0.2, 0.25) is 0 Å². The fourth-order valence-electron chi connectivity index (χ4n) is 4.11. The van der Waals surface area contributed by atoms with E-state index in [1.165, 1.54) is 5.56 Å². The van der Waals surface area contributed by atoms with Gasteiger partial charge in [0.15, 0.2) is 5.65 Å². The Bertz CT molecular complexity index is 1300. The van der Waals surface area contributed by atoms with Gasteiger partial charge >= 0.3 is 0 Å². The molecule has 1 aliphatic rings. The van der Waals surface area contributed by atoms with Crippen LogP contribution in [0.3, 0.4) is 0 Å². The topological polar surface area (TPSA) is 95.1 Å². The van der Waals surface area contributed by atoms with Crippen molar-refractivity contribution in [2.24, 2.45) is 0 Å². The molecule has 1 fully saturated rings. The van der Waals surface area contributed by atoms with Crippen molar-refractivity contribution in [3.63, 3.8) is 0 Å². The molecule has 1 atom stereocenters. The molecule has 2 aromatic carbocycles. The first-order chi connectivity index (χ1) is 15.0. The van der Waals surface area contributed by atoms with Gasteiger partial charge in [-0.05, 0) is 62.1 Å². The van der Waals surface area contributed by atoms with Crippen LogP contribution < -0.4 is 11.1 Å². The number of nitrogen functional groups attached to an aromatic ring is 1. The molecule has 7 heteroatoms. The maximum atomic E-state index is 13.2. The lowest BCUT2D eigenvalue weighted by Crippen LogP contribution is -2.32. The molecule has 0 radical (unpaired) electrons. The highest BCUT2D eigenvalue weighted by Gasteiger charge is 2.26. The molecule has 3 heterocycles. The van der Waals surface area contributed by atoms with Gasteiger partial charge in [-0.15, -0.1) is 0 Å². The van der Waals surface area contributed by atoms with Crippen molar-refractivity contribution in [3.8, 4) is 5.69 Å². The molecule has 31 heavy (non-hydrogen) atoms. The number of amides is 1. The summed E-state index contributed by atoms with van der Waals surface area (Å²) in [4.78, 5) is 22.8. The van der Waals surface area contributed by atoms with Crippen molar-refractivity contribution < 1.29 is 9.53 Å². The van der Waals surface area contributed by atoms with Crippen LogP contribution in [0.4, 0.5) is 5.82 Å². The number of aryl methyl sites for hydroxylation is 2. The van der Waals surface area contributed by atoms with Gasteiger partial charge in [-0.2, -0.15) is 0 Å². The maximum absolute atomic E-state index is 13.2. The summed E-state index contributed by atoms with van der Waals surface area (Å²) in [5.74, 6) is 0.0727. The minimum Gasteiger partial charge on any atom is -0.384 e. The highest BCUT2D eigenvalue weighted by molar-refractivity contribution is 6.11. The zero-order valence-electron chi connectivity index (χ0n) is 17.7. The van der Waals surface area contributed by atoms with Crippen molar-refractivity contribution in [2.45, 2.75) is 32.8 Å². The van der Waals surface area contributed by atoms with E-state index < -0.39 is 0 Å². The summed E-state index contributed by atoms with van der Waals surface area (Å²) in [5.41, 5.74) is 12.6. The number of benzene rings is 2. The third-order valence-electron chi connectivity index (χ3n) is 5.99. The number of carbonyl (C=O) groups is 1. The van der Waals surface area contributed by atoms with Crippen LogP contribution in [0.2, 0.25) is 0 Å². The van der Waals surface area contributed by atoms with Crippen molar-refractivity contribution in [3.05, 3.63) is 59.2 Å². The fraction of sp³-hybridized carbons (Fsp3) is 0.292. The van der Waals surface area contributed by atoms with Crippen LogP contribution in [-0.2, 0) is 4.74 Å². The van der Waals surface area contributed by atoms with E-state index in [-0.39, 0.29) is 12.0 Å². The average Bonchev–Trinajstić information content (AvgIpc) is 3.38. The third-order valence-corrected chi connectivity index (χ3v) is 5.99. The van der Waals surface area contributed by atoms with E-state index in [1.54, 1.807) is 0 Å². The summed E-state index contributed by atoms with van der Waals surface area (Å²) >= 11 is 0. The van der Waals surface area contributed by atoms with Gasteiger partial charge in [-0.3, -0.25) is 9.36 Å². The molecule has 2 aromatic heterocycles. The second-order valence-corrected chi connectivity index (χ2v) is 8.09. The third kappa shape index (κ3) is 3.41. The molecule has 1 unspecified atom stereocenters. The van der Waals surface area contributed by atoms with Crippen molar-refractivity contribution in [2.75, 3.05) is 18.9 Å². The van der Waals surface area contributed by atoms with E-state index in [0.717, 1.165) is 41.7 Å². The Kier molecular flexibility index (Phi) is 4.82. The van der Waals surface area contributed by atoms with E-state index >= 15 is 0 Å². The number of nitrogens with one attached hydrogen (secondary N) is 1. The molecule has 3 N–H and O–H groups in total. The number of aromatic nitrogens is 3. The Labute approximate surface area is 180 Å². The van der Waals surface area contributed by atoms with E-state index in [2.05, 4.69) is 25.2 Å². The van der Waals surface area contributed by atoms with Crippen LogP contribution in [0.15, 0.2) is 42.5 Å². The normalized spacial score (nSPS) is 16.3. The lowest BCUT2D eigenvalue weighted by atomic mass is 10.1. The average molecular weight is 415 g/mol. The van der Waals surface area contributed by atoms with Crippen molar-refractivity contribution >= 4 is 33.9 Å². The Morgan fingerprint density at radius 1 is 1.16 bits per heavy atom. The molecule has 1 aliphatic heterocycles. The first kappa shape index (κ1) is 19.5.